The maximum Gasteiger partial charge on any atom is 0.00791 e. The van der Waals surface area contributed by atoms with E-state index in [1.165, 1.54) is 12.8 Å². The molecule has 10 heavy (non-hydrogen) atoms. The van der Waals surface area contributed by atoms with E-state index in [0.29, 0.717) is 12.0 Å². The maximum atomic E-state index is 5.82. The Kier molecular flexibility index (Phi) is 2.50. The molecule has 1 atom stereocenters. The van der Waals surface area contributed by atoms with Gasteiger partial charge in [0.2, 0.25) is 0 Å². The molecule has 1 rings (SSSR count). The summed E-state index contributed by atoms with van der Waals surface area (Å²) in [7, 11) is 0. The van der Waals surface area contributed by atoms with Crippen molar-refractivity contribution in [2.45, 2.75) is 39.2 Å². The molecule has 1 unspecified atom stereocenters. The Balaban J connectivity index is 2.51. The molecule has 1 aliphatic carbocycles. The monoisotopic (exact) mass is 139 g/mol. The second-order valence-corrected chi connectivity index (χ2v) is 3.48. The van der Waals surface area contributed by atoms with Gasteiger partial charge < -0.3 is 5.73 Å². The normalized spacial score (nSPS) is 26.8. The topological polar surface area (TPSA) is 26.0 Å². The minimum Gasteiger partial charge on any atom is -0.327 e. The van der Waals surface area contributed by atoms with E-state index in [0.717, 1.165) is 6.42 Å². The SMILES string of the molecule is CC(C)C1=CCCC(N)C1. The first-order chi connectivity index (χ1) is 4.70. The van der Waals surface area contributed by atoms with Crippen LogP contribution in [0.4, 0.5) is 0 Å². The first-order valence-corrected chi connectivity index (χ1v) is 4.14. The fourth-order valence-corrected chi connectivity index (χ4v) is 1.44. The standard InChI is InChI=1S/C9H17N/c1-7(2)8-4-3-5-9(10)6-8/h4,7,9H,3,5-6,10H2,1-2H3. The van der Waals surface area contributed by atoms with Crippen LogP contribution < -0.4 is 5.73 Å². The van der Waals surface area contributed by atoms with Crippen molar-refractivity contribution >= 4 is 0 Å². The van der Waals surface area contributed by atoms with Gasteiger partial charge in [-0.05, 0) is 25.2 Å². The first kappa shape index (κ1) is 7.80. The van der Waals surface area contributed by atoms with Crippen LogP contribution in [0.5, 0.6) is 0 Å². The smallest absolute Gasteiger partial charge is 0.00791 e. The Morgan fingerprint density at radius 3 is 2.70 bits per heavy atom. The Hall–Kier alpha value is -0.300. The Bertz CT molecular complexity index is 136. The zero-order chi connectivity index (χ0) is 7.56. The highest BCUT2D eigenvalue weighted by molar-refractivity contribution is 5.10. The number of rotatable bonds is 1. The summed E-state index contributed by atoms with van der Waals surface area (Å²) in [5, 5.41) is 0. The number of hydrogen-bond donors (Lipinski definition) is 1. The van der Waals surface area contributed by atoms with Gasteiger partial charge in [-0.1, -0.05) is 25.5 Å². The summed E-state index contributed by atoms with van der Waals surface area (Å²) in [6.07, 6.45) is 5.84. The van der Waals surface area contributed by atoms with Crippen molar-refractivity contribution in [1.29, 1.82) is 0 Å². The second kappa shape index (κ2) is 3.20. The number of nitrogens with two attached hydrogens (primary N) is 1. The van der Waals surface area contributed by atoms with Crippen LogP contribution in [-0.2, 0) is 0 Å². The molecular formula is C9H17N. The average molecular weight is 139 g/mol. The summed E-state index contributed by atoms with van der Waals surface area (Å²) in [5.74, 6) is 0.700. The molecule has 0 fully saturated rings. The van der Waals surface area contributed by atoms with E-state index < -0.39 is 0 Å². The van der Waals surface area contributed by atoms with Crippen LogP contribution >= 0.6 is 0 Å². The summed E-state index contributed by atoms with van der Waals surface area (Å²) in [6.45, 7) is 4.48. The van der Waals surface area contributed by atoms with Gasteiger partial charge in [0.1, 0.15) is 0 Å². The van der Waals surface area contributed by atoms with Gasteiger partial charge in [-0.3, -0.25) is 0 Å². The molecule has 2 N–H and O–H groups in total. The lowest BCUT2D eigenvalue weighted by atomic mass is 9.89. The molecule has 1 aliphatic rings. The third-order valence-corrected chi connectivity index (χ3v) is 2.18. The van der Waals surface area contributed by atoms with E-state index in [4.69, 9.17) is 5.73 Å². The quantitative estimate of drug-likeness (QED) is 0.553. The van der Waals surface area contributed by atoms with Crippen LogP contribution in [0.25, 0.3) is 0 Å². The van der Waals surface area contributed by atoms with Gasteiger partial charge in [-0.25, -0.2) is 0 Å². The van der Waals surface area contributed by atoms with Crippen molar-refractivity contribution in [3.8, 4) is 0 Å². The predicted octanol–water partition coefficient (Wildman–Crippen LogP) is 2.08. The van der Waals surface area contributed by atoms with E-state index in [-0.39, 0.29) is 0 Å². The molecular weight excluding hydrogens is 122 g/mol. The molecule has 0 aromatic rings. The van der Waals surface area contributed by atoms with E-state index >= 15 is 0 Å². The minimum atomic E-state index is 0.433. The fourth-order valence-electron chi connectivity index (χ4n) is 1.44. The number of hydrogen-bond acceptors (Lipinski definition) is 1. The minimum absolute atomic E-state index is 0.433. The lowest BCUT2D eigenvalue weighted by molar-refractivity contribution is 0.544. The van der Waals surface area contributed by atoms with Gasteiger partial charge in [0, 0.05) is 6.04 Å². The summed E-state index contributed by atoms with van der Waals surface area (Å²) < 4.78 is 0. The Labute approximate surface area is 63.3 Å². The van der Waals surface area contributed by atoms with Crippen LogP contribution in [0.1, 0.15) is 33.1 Å². The van der Waals surface area contributed by atoms with E-state index in [2.05, 4.69) is 19.9 Å². The van der Waals surface area contributed by atoms with Gasteiger partial charge >= 0.3 is 0 Å². The zero-order valence-electron chi connectivity index (χ0n) is 6.93. The number of allylic oxidation sites excluding steroid dienone is 1. The van der Waals surface area contributed by atoms with Gasteiger partial charge in [0.15, 0.2) is 0 Å². The summed E-state index contributed by atoms with van der Waals surface area (Å²) >= 11 is 0. The van der Waals surface area contributed by atoms with Crippen LogP contribution in [0.2, 0.25) is 0 Å². The largest absolute Gasteiger partial charge is 0.327 e. The van der Waals surface area contributed by atoms with Crippen LogP contribution in [0.15, 0.2) is 11.6 Å². The van der Waals surface area contributed by atoms with Crippen molar-refractivity contribution in [2.24, 2.45) is 11.7 Å². The predicted molar refractivity (Wildman–Crippen MR) is 44.7 cm³/mol. The van der Waals surface area contributed by atoms with Crippen molar-refractivity contribution in [3.63, 3.8) is 0 Å². The molecule has 0 amide bonds. The molecule has 1 nitrogen and oxygen atoms in total. The summed E-state index contributed by atoms with van der Waals surface area (Å²) in [6, 6.07) is 0.433. The van der Waals surface area contributed by atoms with Crippen LogP contribution in [0.3, 0.4) is 0 Å². The molecule has 1 heteroatoms. The molecule has 0 saturated carbocycles. The third-order valence-electron chi connectivity index (χ3n) is 2.18. The highest BCUT2D eigenvalue weighted by Gasteiger charge is 2.12. The van der Waals surface area contributed by atoms with Crippen molar-refractivity contribution in [3.05, 3.63) is 11.6 Å². The molecule has 0 aromatic carbocycles. The molecule has 0 heterocycles. The van der Waals surface area contributed by atoms with Gasteiger partial charge in [-0.15, -0.1) is 0 Å². The highest BCUT2D eigenvalue weighted by atomic mass is 14.6. The second-order valence-electron chi connectivity index (χ2n) is 3.48. The maximum absolute atomic E-state index is 5.82. The van der Waals surface area contributed by atoms with Crippen molar-refractivity contribution in [1.82, 2.24) is 0 Å². The average Bonchev–Trinajstić information content (AvgIpc) is 1.88. The molecule has 0 spiro atoms. The molecule has 58 valence electrons. The Morgan fingerprint density at radius 1 is 1.60 bits per heavy atom. The molecule has 0 radical (unpaired) electrons. The van der Waals surface area contributed by atoms with E-state index in [1.54, 1.807) is 5.57 Å². The zero-order valence-corrected chi connectivity index (χ0v) is 6.93. The van der Waals surface area contributed by atoms with Gasteiger partial charge in [-0.2, -0.15) is 0 Å². The molecule has 0 aromatic heterocycles. The molecule has 0 bridgehead atoms. The van der Waals surface area contributed by atoms with Crippen molar-refractivity contribution < 1.29 is 0 Å². The summed E-state index contributed by atoms with van der Waals surface area (Å²) in [4.78, 5) is 0. The molecule has 0 saturated heterocycles. The van der Waals surface area contributed by atoms with Gasteiger partial charge in [0.25, 0.3) is 0 Å². The lowest BCUT2D eigenvalue weighted by Gasteiger charge is -2.21. The van der Waals surface area contributed by atoms with Gasteiger partial charge in [0.05, 0.1) is 0 Å². The Morgan fingerprint density at radius 2 is 2.30 bits per heavy atom. The van der Waals surface area contributed by atoms with Crippen molar-refractivity contribution in [2.75, 3.05) is 0 Å². The summed E-state index contributed by atoms with van der Waals surface area (Å²) in [5.41, 5.74) is 7.38. The van der Waals surface area contributed by atoms with Crippen LogP contribution in [-0.4, -0.2) is 6.04 Å². The fraction of sp³-hybridized carbons (Fsp3) is 0.778. The lowest BCUT2D eigenvalue weighted by Crippen LogP contribution is -2.23. The first-order valence-electron chi connectivity index (χ1n) is 4.14. The van der Waals surface area contributed by atoms with E-state index in [1.807, 2.05) is 0 Å². The van der Waals surface area contributed by atoms with Crippen LogP contribution in [0, 0.1) is 5.92 Å². The highest BCUT2D eigenvalue weighted by Crippen LogP contribution is 2.22. The third kappa shape index (κ3) is 1.84. The molecule has 0 aliphatic heterocycles. The van der Waals surface area contributed by atoms with E-state index in [9.17, 15) is 0 Å².